The topological polar surface area (TPSA) is 29.5 Å². The first-order valence-corrected chi connectivity index (χ1v) is 4.68. The van der Waals surface area contributed by atoms with Crippen LogP contribution in [-0.4, -0.2) is 12.1 Å². The quantitative estimate of drug-likeness (QED) is 0.685. The molecule has 0 aromatic heterocycles. The van der Waals surface area contributed by atoms with E-state index in [-0.39, 0.29) is 0 Å². The summed E-state index contributed by atoms with van der Waals surface area (Å²) in [7, 11) is -0.633. The van der Waals surface area contributed by atoms with Gasteiger partial charge in [-0.15, -0.1) is 0 Å². The van der Waals surface area contributed by atoms with E-state index in [0.717, 1.165) is 16.6 Å². The van der Waals surface area contributed by atoms with Gasteiger partial charge >= 0.3 is 7.12 Å². The monoisotopic (exact) mass is 226 g/mol. The van der Waals surface area contributed by atoms with Crippen molar-refractivity contribution in [3.05, 3.63) is 28.2 Å². The number of hydrogen-bond acceptors (Lipinski definition) is 2. The first kappa shape index (κ1) is 8.14. The highest BCUT2D eigenvalue weighted by molar-refractivity contribution is 9.10. The number of hydrogen-bond donors (Lipinski definition) is 1. The number of rotatable bonds is 0. The van der Waals surface area contributed by atoms with Crippen LogP contribution in [0.4, 0.5) is 0 Å². The van der Waals surface area contributed by atoms with Crippen LogP contribution >= 0.6 is 15.9 Å². The molecular formula is C8H8BBrO2. The lowest BCUT2D eigenvalue weighted by Crippen LogP contribution is -2.26. The van der Waals surface area contributed by atoms with Gasteiger partial charge in [0.05, 0.1) is 0 Å². The third kappa shape index (κ3) is 1.49. The molecule has 0 aliphatic carbocycles. The summed E-state index contributed by atoms with van der Waals surface area (Å²) in [6.45, 7) is 0. The lowest BCUT2D eigenvalue weighted by molar-refractivity contribution is 0.399. The Kier molecular flexibility index (Phi) is 2.11. The molecule has 2 rings (SSSR count). The normalized spacial score (nSPS) is 15.3. The highest BCUT2D eigenvalue weighted by Gasteiger charge is 2.22. The van der Waals surface area contributed by atoms with E-state index in [1.807, 2.05) is 18.2 Å². The molecule has 62 valence electrons. The van der Waals surface area contributed by atoms with Gasteiger partial charge in [-0.3, -0.25) is 0 Å². The molecule has 12 heavy (non-hydrogen) atoms. The van der Waals surface area contributed by atoms with Gasteiger partial charge in [-0.2, -0.15) is 0 Å². The third-order valence-electron chi connectivity index (χ3n) is 1.95. The van der Waals surface area contributed by atoms with Crippen LogP contribution in [0.1, 0.15) is 5.56 Å². The highest BCUT2D eigenvalue weighted by atomic mass is 79.9. The van der Waals surface area contributed by atoms with Gasteiger partial charge in [0, 0.05) is 4.47 Å². The average molecular weight is 227 g/mol. The van der Waals surface area contributed by atoms with E-state index in [2.05, 4.69) is 15.9 Å². The van der Waals surface area contributed by atoms with Crippen LogP contribution in [0.2, 0.25) is 6.32 Å². The van der Waals surface area contributed by atoms with Gasteiger partial charge < -0.3 is 9.68 Å². The lowest BCUT2D eigenvalue weighted by atomic mass is 9.79. The molecule has 2 nitrogen and oxygen atoms in total. The number of benzene rings is 1. The van der Waals surface area contributed by atoms with Crippen LogP contribution in [0.3, 0.4) is 0 Å². The molecule has 1 heterocycles. The predicted octanol–water partition coefficient (Wildman–Crippen LogP) is 1.86. The van der Waals surface area contributed by atoms with Gasteiger partial charge in [0.25, 0.3) is 0 Å². The summed E-state index contributed by atoms with van der Waals surface area (Å²) in [5, 5.41) is 9.21. The van der Waals surface area contributed by atoms with E-state index in [4.69, 9.17) is 4.65 Å². The van der Waals surface area contributed by atoms with E-state index < -0.39 is 7.12 Å². The maximum atomic E-state index is 9.21. The largest absolute Gasteiger partial charge is 0.536 e. The average Bonchev–Trinajstić information content (AvgIpc) is 2.03. The fraction of sp³-hybridized carbons (Fsp3) is 0.250. The SMILES string of the molecule is OB1CCc2ccc(Br)cc2O1. The second-order valence-electron chi connectivity index (χ2n) is 2.86. The van der Waals surface area contributed by atoms with Crippen molar-refractivity contribution in [3.8, 4) is 5.75 Å². The van der Waals surface area contributed by atoms with Crippen LogP contribution in [-0.2, 0) is 6.42 Å². The maximum Gasteiger partial charge on any atom is 0.522 e. The van der Waals surface area contributed by atoms with Crippen LogP contribution in [0.15, 0.2) is 22.7 Å². The zero-order valence-corrected chi connectivity index (χ0v) is 8.04. The fourth-order valence-corrected chi connectivity index (χ4v) is 1.67. The summed E-state index contributed by atoms with van der Waals surface area (Å²) in [5.41, 5.74) is 1.17. The molecule has 0 unspecified atom stereocenters. The van der Waals surface area contributed by atoms with Gasteiger partial charge in [-0.05, 0) is 30.4 Å². The highest BCUT2D eigenvalue weighted by Crippen LogP contribution is 2.28. The van der Waals surface area contributed by atoms with E-state index in [9.17, 15) is 5.02 Å². The Labute approximate surface area is 79.8 Å². The third-order valence-corrected chi connectivity index (χ3v) is 2.45. The number of fused-ring (bicyclic) bond motifs is 1. The molecule has 1 aromatic rings. The molecule has 0 atom stereocenters. The van der Waals surface area contributed by atoms with Gasteiger partial charge in [-0.25, -0.2) is 0 Å². The van der Waals surface area contributed by atoms with Gasteiger partial charge in [0.2, 0.25) is 0 Å². The summed E-state index contributed by atoms with van der Waals surface area (Å²) < 4.78 is 6.22. The Bertz CT molecular complexity index is 303. The molecule has 0 bridgehead atoms. The minimum Gasteiger partial charge on any atom is -0.536 e. The van der Waals surface area contributed by atoms with Crippen molar-refractivity contribution in [1.29, 1.82) is 0 Å². The van der Waals surface area contributed by atoms with Crippen LogP contribution < -0.4 is 4.65 Å². The Hall–Kier alpha value is -0.475. The molecule has 0 saturated carbocycles. The van der Waals surface area contributed by atoms with E-state index in [1.165, 1.54) is 5.56 Å². The smallest absolute Gasteiger partial charge is 0.522 e. The van der Waals surface area contributed by atoms with Crippen molar-refractivity contribution in [1.82, 2.24) is 0 Å². The molecule has 0 amide bonds. The zero-order chi connectivity index (χ0) is 8.55. The molecular weight excluding hydrogens is 219 g/mol. The van der Waals surface area contributed by atoms with Gasteiger partial charge in [0.15, 0.2) is 0 Å². The fourth-order valence-electron chi connectivity index (χ4n) is 1.33. The number of halogens is 1. The Morgan fingerprint density at radius 1 is 1.50 bits per heavy atom. The summed E-state index contributed by atoms with van der Waals surface area (Å²) in [6, 6.07) is 5.89. The molecule has 1 N–H and O–H groups in total. The molecule has 0 fully saturated rings. The van der Waals surface area contributed by atoms with E-state index in [1.54, 1.807) is 0 Å². The summed E-state index contributed by atoms with van der Waals surface area (Å²) in [6.07, 6.45) is 1.58. The van der Waals surface area contributed by atoms with Crippen molar-refractivity contribution in [2.45, 2.75) is 12.7 Å². The zero-order valence-electron chi connectivity index (χ0n) is 6.46. The Morgan fingerprint density at radius 3 is 3.17 bits per heavy atom. The lowest BCUT2D eigenvalue weighted by Gasteiger charge is -2.19. The van der Waals surface area contributed by atoms with Crippen molar-refractivity contribution in [3.63, 3.8) is 0 Å². The van der Waals surface area contributed by atoms with Crippen LogP contribution in [0.25, 0.3) is 0 Å². The molecule has 1 aromatic carbocycles. The Morgan fingerprint density at radius 2 is 2.33 bits per heavy atom. The summed E-state index contributed by atoms with van der Waals surface area (Å²) in [5.74, 6) is 0.795. The first-order chi connectivity index (χ1) is 5.75. The second-order valence-corrected chi connectivity index (χ2v) is 3.78. The minimum absolute atomic E-state index is 0.633. The van der Waals surface area contributed by atoms with Gasteiger partial charge in [0.1, 0.15) is 5.75 Å². The second kappa shape index (κ2) is 3.11. The van der Waals surface area contributed by atoms with E-state index >= 15 is 0 Å². The van der Waals surface area contributed by atoms with Gasteiger partial charge in [-0.1, -0.05) is 22.0 Å². The van der Waals surface area contributed by atoms with Crippen LogP contribution in [0, 0.1) is 0 Å². The predicted molar refractivity (Wildman–Crippen MR) is 51.3 cm³/mol. The van der Waals surface area contributed by atoms with Crippen molar-refractivity contribution < 1.29 is 9.68 Å². The van der Waals surface area contributed by atoms with Crippen molar-refractivity contribution in [2.75, 3.05) is 0 Å². The molecule has 0 spiro atoms. The Balaban J connectivity index is 2.37. The molecule has 0 saturated heterocycles. The molecule has 1 aliphatic heterocycles. The number of aryl methyl sites for hydroxylation is 1. The van der Waals surface area contributed by atoms with Crippen LogP contribution in [0.5, 0.6) is 5.75 Å². The molecule has 4 heteroatoms. The standard InChI is InChI=1S/C8H8BBrO2/c10-7-2-1-6-3-4-9(11)12-8(6)5-7/h1-2,5,11H,3-4H2. The molecule has 0 radical (unpaired) electrons. The van der Waals surface area contributed by atoms with Crippen molar-refractivity contribution >= 4 is 23.0 Å². The minimum atomic E-state index is -0.633. The van der Waals surface area contributed by atoms with E-state index in [0.29, 0.717) is 6.32 Å². The maximum absolute atomic E-state index is 9.21. The summed E-state index contributed by atoms with van der Waals surface area (Å²) in [4.78, 5) is 0. The molecule has 1 aliphatic rings. The summed E-state index contributed by atoms with van der Waals surface area (Å²) >= 11 is 3.35. The first-order valence-electron chi connectivity index (χ1n) is 3.89. The van der Waals surface area contributed by atoms with Crippen molar-refractivity contribution in [2.24, 2.45) is 0 Å².